The van der Waals surface area contributed by atoms with Crippen molar-refractivity contribution in [2.24, 2.45) is 11.8 Å². The van der Waals surface area contributed by atoms with E-state index < -0.39 is 0 Å². The summed E-state index contributed by atoms with van der Waals surface area (Å²) in [5, 5.41) is 2.74. The van der Waals surface area contributed by atoms with Gasteiger partial charge in [0.1, 0.15) is 12.4 Å². The van der Waals surface area contributed by atoms with Crippen LogP contribution >= 0.6 is 0 Å². The third-order valence-corrected chi connectivity index (χ3v) is 7.00. The summed E-state index contributed by atoms with van der Waals surface area (Å²) in [4.78, 5) is 41.9. The first-order valence-electron chi connectivity index (χ1n) is 12.3. The van der Waals surface area contributed by atoms with E-state index in [0.29, 0.717) is 30.1 Å². The number of fused-ring (bicyclic) bond motifs is 1. The molecule has 1 N–H and O–H groups in total. The van der Waals surface area contributed by atoms with Crippen molar-refractivity contribution < 1.29 is 23.9 Å². The van der Waals surface area contributed by atoms with Crippen LogP contribution in [-0.2, 0) is 14.3 Å². The number of hydrogen-bond acceptors (Lipinski definition) is 5. The molecule has 0 bridgehead atoms. The molecule has 1 aromatic rings. The molecule has 1 aliphatic carbocycles. The highest BCUT2D eigenvalue weighted by atomic mass is 16.5. The van der Waals surface area contributed by atoms with E-state index in [9.17, 15) is 14.4 Å². The van der Waals surface area contributed by atoms with E-state index in [1.165, 1.54) is 13.3 Å². The summed E-state index contributed by atoms with van der Waals surface area (Å²) in [6, 6.07) is 4.86. The summed E-state index contributed by atoms with van der Waals surface area (Å²) in [5.41, 5.74) is 0.969. The molecule has 8 nitrogen and oxygen atoms in total. The van der Waals surface area contributed by atoms with E-state index in [1.54, 1.807) is 37.3 Å². The first-order chi connectivity index (χ1) is 16.2. The smallest absolute Gasteiger partial charge is 0.257 e. The van der Waals surface area contributed by atoms with Crippen LogP contribution in [0.2, 0.25) is 0 Å². The number of ether oxygens (including phenoxy) is 2. The van der Waals surface area contributed by atoms with Gasteiger partial charge in [-0.25, -0.2) is 0 Å². The maximum absolute atomic E-state index is 13.6. The second-order valence-electron chi connectivity index (χ2n) is 9.81. The minimum absolute atomic E-state index is 0.0382. The van der Waals surface area contributed by atoms with Crippen LogP contribution in [0.3, 0.4) is 0 Å². The van der Waals surface area contributed by atoms with Gasteiger partial charge in [-0.2, -0.15) is 0 Å². The van der Waals surface area contributed by atoms with Crippen LogP contribution < -0.4 is 10.1 Å². The second-order valence-corrected chi connectivity index (χ2v) is 9.81. The van der Waals surface area contributed by atoms with Crippen molar-refractivity contribution in [2.75, 3.05) is 39.2 Å². The first-order valence-corrected chi connectivity index (χ1v) is 12.3. The minimum atomic E-state index is -0.217. The zero-order valence-electron chi connectivity index (χ0n) is 21.1. The van der Waals surface area contributed by atoms with Crippen LogP contribution in [-0.4, -0.2) is 73.5 Å². The van der Waals surface area contributed by atoms with Crippen molar-refractivity contribution >= 4 is 23.4 Å². The molecular formula is C26H39N3O5. The number of carbonyl (C=O) groups is 3. The standard InChI is InChI=1S/C26H39N3O5/c1-17-14-29(25(31)20-9-7-6-8-10-20)18(2)16-34-23-13-21(27-19(3)30)11-12-22(23)26(32)28(4)15-24(17)33-5/h11-13,17-18,20,24H,6-10,14-16H2,1-5H3,(H,27,30)/t17-,18-,24+/m0/s1. The Morgan fingerprint density at radius 2 is 1.82 bits per heavy atom. The Hall–Kier alpha value is -2.61. The molecule has 3 amide bonds. The maximum Gasteiger partial charge on any atom is 0.257 e. The number of nitrogens with zero attached hydrogens (tertiary/aromatic N) is 2. The summed E-state index contributed by atoms with van der Waals surface area (Å²) < 4.78 is 11.9. The average Bonchev–Trinajstić information content (AvgIpc) is 2.82. The number of anilines is 1. The molecule has 1 aromatic carbocycles. The molecule has 3 atom stereocenters. The summed E-state index contributed by atoms with van der Waals surface area (Å²) in [6.45, 7) is 6.67. The van der Waals surface area contributed by atoms with Crippen molar-refractivity contribution in [3.8, 4) is 5.75 Å². The fourth-order valence-electron chi connectivity index (χ4n) is 4.94. The molecular weight excluding hydrogens is 434 g/mol. The quantitative estimate of drug-likeness (QED) is 0.725. The summed E-state index contributed by atoms with van der Waals surface area (Å²) >= 11 is 0. The molecule has 1 saturated carbocycles. The van der Waals surface area contributed by atoms with Gasteiger partial charge in [0.05, 0.1) is 17.7 Å². The molecule has 0 radical (unpaired) electrons. The molecule has 1 heterocycles. The van der Waals surface area contributed by atoms with Gasteiger partial charge >= 0.3 is 0 Å². The van der Waals surface area contributed by atoms with Crippen LogP contribution in [0.4, 0.5) is 5.69 Å². The monoisotopic (exact) mass is 473 g/mol. The van der Waals surface area contributed by atoms with Gasteiger partial charge in [0, 0.05) is 57.8 Å². The van der Waals surface area contributed by atoms with Gasteiger partial charge in [-0.3, -0.25) is 14.4 Å². The largest absolute Gasteiger partial charge is 0.491 e. The molecule has 2 aliphatic rings. The van der Waals surface area contributed by atoms with Crippen LogP contribution in [0.25, 0.3) is 0 Å². The number of likely N-dealkylation sites (N-methyl/N-ethyl adjacent to an activating group) is 1. The lowest BCUT2D eigenvalue weighted by Gasteiger charge is -2.38. The third-order valence-electron chi connectivity index (χ3n) is 7.00. The van der Waals surface area contributed by atoms with Crippen LogP contribution in [0.5, 0.6) is 5.75 Å². The Morgan fingerprint density at radius 3 is 2.47 bits per heavy atom. The molecule has 1 aliphatic heterocycles. The molecule has 3 rings (SSSR count). The van der Waals surface area contributed by atoms with E-state index in [1.807, 2.05) is 11.8 Å². The predicted molar refractivity (Wildman–Crippen MR) is 131 cm³/mol. The number of carbonyl (C=O) groups excluding carboxylic acids is 3. The summed E-state index contributed by atoms with van der Waals surface area (Å²) in [6.07, 6.45) is 5.04. The zero-order valence-corrected chi connectivity index (χ0v) is 21.1. The number of benzene rings is 1. The SMILES string of the molecule is CO[C@@H]1CN(C)C(=O)c2ccc(NC(C)=O)cc2OC[C@H](C)N(C(=O)C2CCCCC2)C[C@@H]1C. The number of rotatable bonds is 3. The lowest BCUT2D eigenvalue weighted by atomic mass is 9.87. The van der Waals surface area contributed by atoms with E-state index in [0.717, 1.165) is 25.7 Å². The topological polar surface area (TPSA) is 88.2 Å². The van der Waals surface area contributed by atoms with Crippen molar-refractivity contribution in [3.05, 3.63) is 23.8 Å². The van der Waals surface area contributed by atoms with E-state index in [4.69, 9.17) is 9.47 Å². The normalized spacial score (nSPS) is 25.0. The molecule has 8 heteroatoms. The summed E-state index contributed by atoms with van der Waals surface area (Å²) in [5.74, 6) is 0.290. The van der Waals surface area contributed by atoms with Crippen LogP contribution in [0.15, 0.2) is 18.2 Å². The van der Waals surface area contributed by atoms with Crippen LogP contribution in [0, 0.1) is 11.8 Å². The van der Waals surface area contributed by atoms with E-state index in [2.05, 4.69) is 12.2 Å². The van der Waals surface area contributed by atoms with Gasteiger partial charge in [0.15, 0.2) is 0 Å². The van der Waals surface area contributed by atoms with Gasteiger partial charge in [-0.15, -0.1) is 0 Å². The molecule has 188 valence electrons. The lowest BCUT2D eigenvalue weighted by Crippen LogP contribution is -2.50. The fraction of sp³-hybridized carbons (Fsp3) is 0.654. The Kier molecular flexibility index (Phi) is 8.94. The van der Waals surface area contributed by atoms with E-state index in [-0.39, 0.29) is 48.3 Å². The predicted octanol–water partition coefficient (Wildman–Crippen LogP) is 3.56. The number of methoxy groups -OCH3 is 1. The number of nitrogens with one attached hydrogen (secondary N) is 1. The third kappa shape index (κ3) is 6.29. The Bertz CT molecular complexity index is 883. The molecule has 0 saturated heterocycles. The zero-order chi connectivity index (χ0) is 24.8. The summed E-state index contributed by atoms with van der Waals surface area (Å²) in [7, 11) is 3.39. The minimum Gasteiger partial charge on any atom is -0.491 e. The van der Waals surface area contributed by atoms with Crippen molar-refractivity contribution in [2.45, 2.75) is 65.0 Å². The van der Waals surface area contributed by atoms with Crippen molar-refractivity contribution in [3.63, 3.8) is 0 Å². The Morgan fingerprint density at radius 1 is 1.12 bits per heavy atom. The van der Waals surface area contributed by atoms with Crippen molar-refractivity contribution in [1.29, 1.82) is 0 Å². The Labute approximate surface area is 202 Å². The highest BCUT2D eigenvalue weighted by Gasteiger charge is 2.33. The number of hydrogen-bond donors (Lipinski definition) is 1. The molecule has 0 unspecified atom stereocenters. The molecule has 1 fully saturated rings. The highest BCUT2D eigenvalue weighted by Crippen LogP contribution is 2.29. The van der Waals surface area contributed by atoms with Gasteiger partial charge in [-0.05, 0) is 31.9 Å². The second kappa shape index (κ2) is 11.7. The molecule has 0 aromatic heterocycles. The molecule has 0 spiro atoms. The lowest BCUT2D eigenvalue weighted by molar-refractivity contribution is -0.141. The number of amides is 3. The average molecular weight is 474 g/mol. The van der Waals surface area contributed by atoms with Crippen LogP contribution in [0.1, 0.15) is 63.2 Å². The van der Waals surface area contributed by atoms with Crippen molar-refractivity contribution in [1.82, 2.24) is 9.80 Å². The Balaban J connectivity index is 1.94. The van der Waals surface area contributed by atoms with Gasteiger partial charge < -0.3 is 24.6 Å². The van der Waals surface area contributed by atoms with Gasteiger partial charge in [0.2, 0.25) is 11.8 Å². The van der Waals surface area contributed by atoms with E-state index >= 15 is 0 Å². The first kappa shape index (κ1) is 26.0. The molecule has 34 heavy (non-hydrogen) atoms. The maximum atomic E-state index is 13.6. The van der Waals surface area contributed by atoms with Gasteiger partial charge in [0.25, 0.3) is 5.91 Å². The van der Waals surface area contributed by atoms with Gasteiger partial charge in [-0.1, -0.05) is 26.2 Å². The fourth-order valence-corrected chi connectivity index (χ4v) is 4.94. The highest BCUT2D eigenvalue weighted by molar-refractivity contribution is 5.98.